The van der Waals surface area contributed by atoms with E-state index in [4.69, 9.17) is 0 Å². The number of amides is 1. The SMILES string of the molecule is O=C(CCN1C2CCC1C(C(=O)O)C2)Nc1ccccc1. The molecule has 0 aliphatic carbocycles. The van der Waals surface area contributed by atoms with Crippen LogP contribution in [0.3, 0.4) is 0 Å². The summed E-state index contributed by atoms with van der Waals surface area (Å²) >= 11 is 0. The molecule has 0 radical (unpaired) electrons. The first-order valence-electron chi connectivity index (χ1n) is 7.48. The molecule has 2 bridgehead atoms. The summed E-state index contributed by atoms with van der Waals surface area (Å²) in [6, 6.07) is 9.86. The molecule has 112 valence electrons. The van der Waals surface area contributed by atoms with Crippen molar-refractivity contribution in [3.8, 4) is 0 Å². The van der Waals surface area contributed by atoms with Gasteiger partial charge >= 0.3 is 5.97 Å². The van der Waals surface area contributed by atoms with Crippen LogP contribution in [0.5, 0.6) is 0 Å². The Morgan fingerprint density at radius 2 is 2.00 bits per heavy atom. The molecule has 0 aromatic heterocycles. The highest BCUT2D eigenvalue weighted by atomic mass is 16.4. The van der Waals surface area contributed by atoms with E-state index < -0.39 is 5.97 Å². The summed E-state index contributed by atoms with van der Waals surface area (Å²) in [7, 11) is 0. The molecule has 2 aliphatic rings. The van der Waals surface area contributed by atoms with E-state index in [0.717, 1.165) is 24.9 Å². The number of anilines is 1. The number of hydrogen-bond donors (Lipinski definition) is 2. The number of nitrogens with one attached hydrogen (secondary N) is 1. The number of hydrogen-bond acceptors (Lipinski definition) is 3. The van der Waals surface area contributed by atoms with Crippen molar-refractivity contribution in [1.82, 2.24) is 4.90 Å². The number of benzene rings is 1. The van der Waals surface area contributed by atoms with E-state index in [1.165, 1.54) is 0 Å². The highest BCUT2D eigenvalue weighted by molar-refractivity contribution is 5.90. The van der Waals surface area contributed by atoms with Crippen LogP contribution in [0.15, 0.2) is 30.3 Å². The normalized spacial score (nSPS) is 27.7. The largest absolute Gasteiger partial charge is 0.481 e. The van der Waals surface area contributed by atoms with Gasteiger partial charge in [-0.25, -0.2) is 0 Å². The number of para-hydroxylation sites is 1. The van der Waals surface area contributed by atoms with Gasteiger partial charge in [0.05, 0.1) is 5.92 Å². The lowest BCUT2D eigenvalue weighted by molar-refractivity contribution is -0.142. The molecule has 3 unspecified atom stereocenters. The topological polar surface area (TPSA) is 69.6 Å². The fraction of sp³-hybridized carbons (Fsp3) is 0.500. The summed E-state index contributed by atoms with van der Waals surface area (Å²) in [6.45, 7) is 0.651. The molecule has 0 saturated carbocycles. The average molecular weight is 288 g/mol. The lowest BCUT2D eigenvalue weighted by Crippen LogP contribution is -2.35. The molecule has 2 N–H and O–H groups in total. The zero-order valence-electron chi connectivity index (χ0n) is 11.9. The quantitative estimate of drug-likeness (QED) is 0.869. The summed E-state index contributed by atoms with van der Waals surface area (Å²) < 4.78 is 0. The molecule has 3 rings (SSSR count). The van der Waals surface area contributed by atoms with Crippen LogP contribution in [-0.2, 0) is 9.59 Å². The minimum atomic E-state index is -0.694. The van der Waals surface area contributed by atoms with Gasteiger partial charge < -0.3 is 10.4 Å². The molecule has 2 fully saturated rings. The van der Waals surface area contributed by atoms with Gasteiger partial charge in [0, 0.05) is 30.7 Å². The molecule has 5 nitrogen and oxygen atoms in total. The van der Waals surface area contributed by atoms with Crippen molar-refractivity contribution in [2.75, 3.05) is 11.9 Å². The van der Waals surface area contributed by atoms with Crippen molar-refractivity contribution in [3.63, 3.8) is 0 Å². The van der Waals surface area contributed by atoms with Crippen LogP contribution in [0.2, 0.25) is 0 Å². The predicted molar refractivity (Wildman–Crippen MR) is 78.9 cm³/mol. The summed E-state index contributed by atoms with van der Waals surface area (Å²) in [5, 5.41) is 12.1. The Kier molecular flexibility index (Phi) is 3.92. The van der Waals surface area contributed by atoms with Crippen LogP contribution in [0.25, 0.3) is 0 Å². The summed E-state index contributed by atoms with van der Waals surface area (Å²) in [6.07, 6.45) is 3.16. The average Bonchev–Trinajstić information content (AvgIpc) is 3.03. The van der Waals surface area contributed by atoms with E-state index in [9.17, 15) is 14.7 Å². The molecule has 1 amide bonds. The molecular weight excluding hydrogens is 268 g/mol. The first-order chi connectivity index (χ1) is 10.1. The van der Waals surface area contributed by atoms with Crippen molar-refractivity contribution >= 4 is 17.6 Å². The second kappa shape index (κ2) is 5.85. The standard InChI is InChI=1S/C16H20N2O3/c19-15(17-11-4-2-1-3-5-11)8-9-18-12-6-7-14(18)13(10-12)16(20)21/h1-5,12-14H,6-10H2,(H,17,19)(H,20,21). The zero-order chi connectivity index (χ0) is 14.8. The van der Waals surface area contributed by atoms with E-state index in [2.05, 4.69) is 10.2 Å². The fourth-order valence-electron chi connectivity index (χ4n) is 3.69. The van der Waals surface area contributed by atoms with E-state index in [-0.39, 0.29) is 17.9 Å². The van der Waals surface area contributed by atoms with E-state index in [0.29, 0.717) is 19.0 Å². The summed E-state index contributed by atoms with van der Waals surface area (Å²) in [5.74, 6) is -0.957. The Hall–Kier alpha value is -1.88. The predicted octanol–water partition coefficient (Wildman–Crippen LogP) is 1.95. The Morgan fingerprint density at radius 1 is 1.24 bits per heavy atom. The monoisotopic (exact) mass is 288 g/mol. The van der Waals surface area contributed by atoms with Gasteiger partial charge in [0.1, 0.15) is 0 Å². The molecule has 21 heavy (non-hydrogen) atoms. The number of carboxylic acids is 1. The third-order valence-corrected chi connectivity index (χ3v) is 4.65. The summed E-state index contributed by atoms with van der Waals surface area (Å²) in [5.41, 5.74) is 0.801. The van der Waals surface area contributed by atoms with Gasteiger partial charge in [0.15, 0.2) is 0 Å². The minimum absolute atomic E-state index is 0.0145. The Labute approximate surface area is 123 Å². The van der Waals surface area contributed by atoms with Gasteiger partial charge in [-0.1, -0.05) is 18.2 Å². The lowest BCUT2D eigenvalue weighted by atomic mass is 9.89. The van der Waals surface area contributed by atoms with Crippen LogP contribution in [0.4, 0.5) is 5.69 Å². The van der Waals surface area contributed by atoms with Gasteiger partial charge in [0.2, 0.25) is 5.91 Å². The number of carbonyl (C=O) groups excluding carboxylic acids is 1. The summed E-state index contributed by atoms with van der Waals surface area (Å²) in [4.78, 5) is 25.4. The van der Waals surface area contributed by atoms with Crippen molar-refractivity contribution in [1.29, 1.82) is 0 Å². The minimum Gasteiger partial charge on any atom is -0.481 e. The van der Waals surface area contributed by atoms with E-state index in [1.54, 1.807) is 0 Å². The van der Waals surface area contributed by atoms with Crippen LogP contribution in [0, 0.1) is 5.92 Å². The lowest BCUT2D eigenvalue weighted by Gasteiger charge is -2.22. The molecule has 2 aliphatic heterocycles. The molecule has 1 aromatic carbocycles. The van der Waals surface area contributed by atoms with Gasteiger partial charge in [-0.3, -0.25) is 14.5 Å². The van der Waals surface area contributed by atoms with Crippen LogP contribution >= 0.6 is 0 Å². The third-order valence-electron chi connectivity index (χ3n) is 4.65. The van der Waals surface area contributed by atoms with Gasteiger partial charge in [0.25, 0.3) is 0 Å². The molecule has 2 saturated heterocycles. The second-order valence-electron chi connectivity index (χ2n) is 5.88. The zero-order valence-corrected chi connectivity index (χ0v) is 11.9. The Balaban J connectivity index is 1.52. The highest BCUT2D eigenvalue weighted by Gasteiger charge is 2.48. The number of carboxylic acid groups (broad SMARTS) is 1. The molecule has 5 heteroatoms. The van der Waals surface area contributed by atoms with Gasteiger partial charge in [-0.15, -0.1) is 0 Å². The first kappa shape index (κ1) is 14.1. The van der Waals surface area contributed by atoms with E-state index in [1.807, 2.05) is 30.3 Å². The van der Waals surface area contributed by atoms with Crippen molar-refractivity contribution in [2.24, 2.45) is 5.92 Å². The van der Waals surface area contributed by atoms with E-state index >= 15 is 0 Å². The van der Waals surface area contributed by atoms with Crippen molar-refractivity contribution < 1.29 is 14.7 Å². The van der Waals surface area contributed by atoms with Gasteiger partial charge in [-0.05, 0) is 31.4 Å². The molecule has 0 spiro atoms. The first-order valence-corrected chi connectivity index (χ1v) is 7.48. The number of aliphatic carboxylic acids is 1. The molecule has 2 heterocycles. The number of nitrogens with zero attached hydrogens (tertiary/aromatic N) is 1. The van der Waals surface area contributed by atoms with Gasteiger partial charge in [-0.2, -0.15) is 0 Å². The molecule has 3 atom stereocenters. The van der Waals surface area contributed by atoms with Crippen molar-refractivity contribution in [2.45, 2.75) is 37.8 Å². The number of rotatable bonds is 5. The fourth-order valence-corrected chi connectivity index (χ4v) is 3.69. The molecular formula is C16H20N2O3. The highest BCUT2D eigenvalue weighted by Crippen LogP contribution is 2.41. The van der Waals surface area contributed by atoms with Crippen molar-refractivity contribution in [3.05, 3.63) is 30.3 Å². The number of carbonyl (C=O) groups is 2. The third kappa shape index (κ3) is 2.93. The van der Waals surface area contributed by atoms with Crippen LogP contribution in [-0.4, -0.2) is 40.5 Å². The molecule has 1 aromatic rings. The smallest absolute Gasteiger partial charge is 0.308 e. The maximum atomic E-state index is 12.0. The van der Waals surface area contributed by atoms with Crippen LogP contribution < -0.4 is 5.32 Å². The Morgan fingerprint density at radius 3 is 2.67 bits per heavy atom. The number of fused-ring (bicyclic) bond motifs is 2. The maximum Gasteiger partial charge on any atom is 0.308 e. The Bertz CT molecular complexity index is 532. The van der Waals surface area contributed by atoms with Crippen LogP contribution in [0.1, 0.15) is 25.7 Å². The maximum absolute atomic E-state index is 12.0. The second-order valence-corrected chi connectivity index (χ2v) is 5.88.